The van der Waals surface area contributed by atoms with Gasteiger partial charge >= 0.3 is 0 Å². The van der Waals surface area contributed by atoms with E-state index in [4.69, 9.17) is 0 Å². The zero-order chi connectivity index (χ0) is 15.5. The van der Waals surface area contributed by atoms with Crippen molar-refractivity contribution < 1.29 is 12.8 Å². The summed E-state index contributed by atoms with van der Waals surface area (Å²) in [6, 6.07) is 9.55. The Morgan fingerprint density at radius 3 is 2.48 bits per heavy atom. The predicted octanol–water partition coefficient (Wildman–Crippen LogP) is 3.26. The topological polar surface area (TPSA) is 59.1 Å². The number of aromatic nitrogens is 1. The Bertz CT molecular complexity index is 715. The fourth-order valence-electron chi connectivity index (χ4n) is 1.86. The van der Waals surface area contributed by atoms with Gasteiger partial charge in [0.1, 0.15) is 0 Å². The second kappa shape index (κ2) is 6.22. The standard InChI is InChI=1S/C15H17FN2O2S/c1-11(10-16)13-5-7-14(8-6-13)21(19,20)18-15-4-3-9-17-12(15)2/h3-9,11,18H,10H2,1-2H3/t11-/m1/s1. The molecule has 0 fully saturated rings. The van der Waals surface area contributed by atoms with Gasteiger partial charge in [-0.1, -0.05) is 19.1 Å². The molecule has 4 nitrogen and oxygen atoms in total. The first-order valence-electron chi connectivity index (χ1n) is 6.54. The highest BCUT2D eigenvalue weighted by atomic mass is 32.2. The Morgan fingerprint density at radius 2 is 1.90 bits per heavy atom. The van der Waals surface area contributed by atoms with E-state index in [2.05, 4.69) is 9.71 Å². The number of pyridine rings is 1. The number of halogens is 1. The van der Waals surface area contributed by atoms with E-state index in [0.717, 1.165) is 5.56 Å². The number of alkyl halides is 1. The van der Waals surface area contributed by atoms with E-state index in [9.17, 15) is 12.8 Å². The molecule has 1 aromatic carbocycles. The number of nitrogens with one attached hydrogen (secondary N) is 1. The maximum atomic E-state index is 12.6. The van der Waals surface area contributed by atoms with E-state index in [1.807, 2.05) is 0 Å². The number of sulfonamides is 1. The van der Waals surface area contributed by atoms with Crippen LogP contribution in [0.5, 0.6) is 0 Å². The molecule has 0 amide bonds. The average Bonchev–Trinajstić information content (AvgIpc) is 2.49. The second-order valence-electron chi connectivity index (χ2n) is 4.87. The Kier molecular flexibility index (Phi) is 4.57. The normalized spacial score (nSPS) is 12.9. The molecule has 0 bridgehead atoms. The molecule has 0 unspecified atom stereocenters. The lowest BCUT2D eigenvalue weighted by Gasteiger charge is -2.11. The highest BCUT2D eigenvalue weighted by Crippen LogP contribution is 2.21. The first kappa shape index (κ1) is 15.4. The quantitative estimate of drug-likeness (QED) is 0.922. The summed E-state index contributed by atoms with van der Waals surface area (Å²) in [5.41, 5.74) is 1.82. The van der Waals surface area contributed by atoms with Gasteiger partial charge < -0.3 is 0 Å². The SMILES string of the molecule is Cc1ncccc1NS(=O)(=O)c1ccc([C@H](C)CF)cc1. The van der Waals surface area contributed by atoms with Crippen molar-refractivity contribution in [1.29, 1.82) is 0 Å². The number of hydrogen-bond acceptors (Lipinski definition) is 3. The lowest BCUT2D eigenvalue weighted by atomic mass is 10.0. The van der Waals surface area contributed by atoms with Gasteiger partial charge in [-0.3, -0.25) is 14.1 Å². The van der Waals surface area contributed by atoms with Gasteiger partial charge in [0.05, 0.1) is 23.0 Å². The summed E-state index contributed by atoms with van der Waals surface area (Å²) in [6.07, 6.45) is 1.60. The molecule has 0 aliphatic heterocycles. The molecule has 0 aliphatic rings. The molecule has 1 heterocycles. The van der Waals surface area contributed by atoms with Crippen LogP contribution in [0.1, 0.15) is 24.1 Å². The molecule has 0 saturated carbocycles. The summed E-state index contributed by atoms with van der Waals surface area (Å²) in [5.74, 6) is -0.240. The largest absolute Gasteiger partial charge is 0.278 e. The van der Waals surface area contributed by atoms with E-state index in [1.165, 1.54) is 12.1 Å². The van der Waals surface area contributed by atoms with Crippen LogP contribution in [0.2, 0.25) is 0 Å². The molecule has 0 spiro atoms. The summed E-state index contributed by atoms with van der Waals surface area (Å²) < 4.78 is 39.7. The van der Waals surface area contributed by atoms with Crippen LogP contribution in [-0.4, -0.2) is 20.1 Å². The first-order chi connectivity index (χ1) is 9.94. The van der Waals surface area contributed by atoms with Crippen LogP contribution in [0.4, 0.5) is 10.1 Å². The lowest BCUT2D eigenvalue weighted by molar-refractivity contribution is 0.447. The van der Waals surface area contributed by atoms with Crippen LogP contribution < -0.4 is 4.72 Å². The van der Waals surface area contributed by atoms with Crippen molar-refractivity contribution in [2.45, 2.75) is 24.7 Å². The second-order valence-corrected chi connectivity index (χ2v) is 6.55. The minimum absolute atomic E-state index is 0.139. The Morgan fingerprint density at radius 1 is 1.24 bits per heavy atom. The van der Waals surface area contributed by atoms with Crippen LogP contribution in [0, 0.1) is 6.92 Å². The number of nitrogens with zero attached hydrogens (tertiary/aromatic N) is 1. The molecule has 0 saturated heterocycles. The fourth-order valence-corrected chi connectivity index (χ4v) is 2.98. The van der Waals surface area contributed by atoms with Crippen molar-refractivity contribution >= 4 is 15.7 Å². The van der Waals surface area contributed by atoms with Crippen molar-refractivity contribution in [3.05, 3.63) is 53.9 Å². The van der Waals surface area contributed by atoms with Crippen molar-refractivity contribution in [3.63, 3.8) is 0 Å². The van der Waals surface area contributed by atoms with Gasteiger partial charge in [0.2, 0.25) is 0 Å². The lowest BCUT2D eigenvalue weighted by Crippen LogP contribution is -2.14. The van der Waals surface area contributed by atoms with E-state index in [0.29, 0.717) is 11.4 Å². The van der Waals surface area contributed by atoms with Crippen molar-refractivity contribution in [3.8, 4) is 0 Å². The summed E-state index contributed by atoms with van der Waals surface area (Å²) in [7, 11) is -3.67. The van der Waals surface area contributed by atoms with E-state index < -0.39 is 16.7 Å². The third kappa shape index (κ3) is 3.58. The molecule has 1 aromatic heterocycles. The number of aryl methyl sites for hydroxylation is 1. The maximum Gasteiger partial charge on any atom is 0.261 e. The highest BCUT2D eigenvalue weighted by Gasteiger charge is 2.16. The molecule has 6 heteroatoms. The third-order valence-electron chi connectivity index (χ3n) is 3.24. The number of anilines is 1. The minimum Gasteiger partial charge on any atom is -0.278 e. The van der Waals surface area contributed by atoms with Gasteiger partial charge in [-0.25, -0.2) is 8.42 Å². The Balaban J connectivity index is 2.26. The van der Waals surface area contributed by atoms with Gasteiger partial charge in [-0.2, -0.15) is 0 Å². The number of benzene rings is 1. The number of hydrogen-bond donors (Lipinski definition) is 1. The predicted molar refractivity (Wildman–Crippen MR) is 80.6 cm³/mol. The van der Waals surface area contributed by atoms with Crippen LogP contribution >= 0.6 is 0 Å². The van der Waals surface area contributed by atoms with E-state index in [1.54, 1.807) is 44.3 Å². The van der Waals surface area contributed by atoms with Crippen LogP contribution in [0.15, 0.2) is 47.5 Å². The van der Waals surface area contributed by atoms with Gasteiger partial charge in [-0.15, -0.1) is 0 Å². The van der Waals surface area contributed by atoms with Gasteiger partial charge in [0.15, 0.2) is 0 Å². The van der Waals surface area contributed by atoms with E-state index in [-0.39, 0.29) is 10.8 Å². The number of rotatable bonds is 5. The van der Waals surface area contributed by atoms with Crippen LogP contribution in [0.3, 0.4) is 0 Å². The van der Waals surface area contributed by atoms with Crippen molar-refractivity contribution in [1.82, 2.24) is 4.98 Å². The molecule has 0 radical (unpaired) electrons. The summed E-state index contributed by atoms with van der Waals surface area (Å²) >= 11 is 0. The summed E-state index contributed by atoms with van der Waals surface area (Å²) in [6.45, 7) is 3.00. The Hall–Kier alpha value is -1.95. The smallest absolute Gasteiger partial charge is 0.261 e. The van der Waals surface area contributed by atoms with Crippen LogP contribution in [-0.2, 0) is 10.0 Å². The molecule has 112 valence electrons. The fraction of sp³-hybridized carbons (Fsp3) is 0.267. The van der Waals surface area contributed by atoms with Crippen LogP contribution in [0.25, 0.3) is 0 Å². The molecule has 2 aromatic rings. The minimum atomic E-state index is -3.67. The molecule has 1 N–H and O–H groups in total. The molecule has 1 atom stereocenters. The third-order valence-corrected chi connectivity index (χ3v) is 4.62. The van der Waals surface area contributed by atoms with Gasteiger partial charge in [0, 0.05) is 12.1 Å². The van der Waals surface area contributed by atoms with Crippen molar-refractivity contribution in [2.75, 3.05) is 11.4 Å². The molecular formula is C15H17FN2O2S. The van der Waals surface area contributed by atoms with Crippen molar-refractivity contribution in [2.24, 2.45) is 0 Å². The van der Waals surface area contributed by atoms with Gasteiger partial charge in [-0.05, 0) is 36.8 Å². The van der Waals surface area contributed by atoms with E-state index >= 15 is 0 Å². The maximum absolute atomic E-state index is 12.6. The average molecular weight is 308 g/mol. The van der Waals surface area contributed by atoms with Gasteiger partial charge in [0.25, 0.3) is 10.0 Å². The molecular weight excluding hydrogens is 291 g/mol. The summed E-state index contributed by atoms with van der Waals surface area (Å²) in [5, 5.41) is 0. The zero-order valence-corrected chi connectivity index (χ0v) is 12.7. The molecule has 0 aliphatic carbocycles. The Labute approximate surface area is 124 Å². The molecule has 2 rings (SSSR count). The highest BCUT2D eigenvalue weighted by molar-refractivity contribution is 7.92. The monoisotopic (exact) mass is 308 g/mol. The zero-order valence-electron chi connectivity index (χ0n) is 11.9. The first-order valence-corrected chi connectivity index (χ1v) is 8.02. The molecule has 21 heavy (non-hydrogen) atoms. The summed E-state index contributed by atoms with van der Waals surface area (Å²) in [4.78, 5) is 4.18.